The number of aliphatic hydroxyl groups is 2. The molecule has 0 radical (unpaired) electrons. The Kier molecular flexibility index (Phi) is 8.73. The highest BCUT2D eigenvalue weighted by molar-refractivity contribution is 5.42. The Morgan fingerprint density at radius 1 is 1.00 bits per heavy atom. The summed E-state index contributed by atoms with van der Waals surface area (Å²) in [6.45, 7) is 3.38. The molecule has 0 aliphatic carbocycles. The Morgan fingerprint density at radius 3 is 2.50 bits per heavy atom. The van der Waals surface area contributed by atoms with Crippen LogP contribution >= 0.6 is 0 Å². The minimum absolute atomic E-state index is 0.0205. The molecule has 0 fully saturated rings. The van der Waals surface area contributed by atoms with E-state index in [4.69, 9.17) is 19.7 Å². The number of nitrogens with one attached hydrogen (secondary N) is 2. The van der Waals surface area contributed by atoms with Crippen LogP contribution in [0.3, 0.4) is 0 Å². The lowest BCUT2D eigenvalue weighted by molar-refractivity contribution is 0.196. The van der Waals surface area contributed by atoms with Gasteiger partial charge in [-0.1, -0.05) is 6.07 Å². The molecule has 0 unspecified atom stereocenters. The van der Waals surface area contributed by atoms with Gasteiger partial charge in [-0.2, -0.15) is 0 Å². The van der Waals surface area contributed by atoms with Crippen molar-refractivity contribution >= 4 is 0 Å². The molecule has 0 aliphatic heterocycles. The van der Waals surface area contributed by atoms with E-state index in [2.05, 4.69) is 10.6 Å². The summed E-state index contributed by atoms with van der Waals surface area (Å²) in [6, 6.07) is 5.72. The predicted molar refractivity (Wildman–Crippen MR) is 77.2 cm³/mol. The van der Waals surface area contributed by atoms with Gasteiger partial charge < -0.3 is 30.3 Å². The van der Waals surface area contributed by atoms with E-state index in [-0.39, 0.29) is 19.8 Å². The van der Waals surface area contributed by atoms with Gasteiger partial charge in [0.2, 0.25) is 0 Å². The van der Waals surface area contributed by atoms with Crippen LogP contribution in [0.2, 0.25) is 0 Å². The van der Waals surface area contributed by atoms with Gasteiger partial charge in [-0.05, 0) is 17.7 Å². The lowest BCUT2D eigenvalue weighted by Crippen LogP contribution is -2.28. The maximum absolute atomic E-state index is 8.75. The third-order valence-corrected chi connectivity index (χ3v) is 2.67. The molecule has 6 heteroatoms. The van der Waals surface area contributed by atoms with Gasteiger partial charge >= 0.3 is 0 Å². The molecule has 4 N–H and O–H groups in total. The summed E-state index contributed by atoms with van der Waals surface area (Å²) in [7, 11) is 1.59. The first-order valence-electron chi connectivity index (χ1n) is 6.74. The number of ether oxygens (including phenoxy) is 2. The molecule has 6 nitrogen and oxygen atoms in total. The average Bonchev–Trinajstić information content (AvgIpc) is 2.49. The lowest BCUT2D eigenvalue weighted by atomic mass is 10.2. The number of methoxy groups -OCH3 is 1. The second kappa shape index (κ2) is 10.4. The first-order valence-corrected chi connectivity index (χ1v) is 6.74. The van der Waals surface area contributed by atoms with Crippen LogP contribution in [0, 0.1) is 0 Å². The molecule has 0 saturated carbocycles. The molecule has 1 aromatic carbocycles. The monoisotopic (exact) mass is 284 g/mol. The van der Waals surface area contributed by atoms with Crippen molar-refractivity contribution in [2.24, 2.45) is 0 Å². The van der Waals surface area contributed by atoms with Crippen LogP contribution in [-0.4, -0.2) is 56.8 Å². The lowest BCUT2D eigenvalue weighted by Gasteiger charge is -2.12. The number of benzene rings is 1. The fourth-order valence-electron chi connectivity index (χ4n) is 1.71. The first-order chi connectivity index (χ1) is 9.81. The maximum Gasteiger partial charge on any atom is 0.161 e. The van der Waals surface area contributed by atoms with Gasteiger partial charge in [0.1, 0.15) is 6.61 Å². The van der Waals surface area contributed by atoms with Crippen molar-refractivity contribution in [1.29, 1.82) is 0 Å². The van der Waals surface area contributed by atoms with Crippen LogP contribution in [0.5, 0.6) is 11.5 Å². The van der Waals surface area contributed by atoms with E-state index in [1.807, 2.05) is 18.2 Å². The van der Waals surface area contributed by atoms with Gasteiger partial charge in [-0.3, -0.25) is 0 Å². The fraction of sp³-hybridized carbons (Fsp3) is 0.571. The summed E-state index contributed by atoms with van der Waals surface area (Å²) < 4.78 is 10.6. The number of hydrogen-bond donors (Lipinski definition) is 4. The number of hydrogen-bond acceptors (Lipinski definition) is 6. The van der Waals surface area contributed by atoms with Crippen molar-refractivity contribution < 1.29 is 19.7 Å². The summed E-state index contributed by atoms with van der Waals surface area (Å²) in [5.41, 5.74) is 1.10. The van der Waals surface area contributed by atoms with Crippen molar-refractivity contribution in [2.75, 3.05) is 46.6 Å². The normalized spacial score (nSPS) is 10.6. The molecule has 0 saturated heterocycles. The Labute approximate surface area is 119 Å². The second-order valence-electron chi connectivity index (χ2n) is 4.21. The van der Waals surface area contributed by atoms with Crippen molar-refractivity contribution in [2.45, 2.75) is 6.54 Å². The van der Waals surface area contributed by atoms with Gasteiger partial charge in [0.05, 0.1) is 20.3 Å². The highest BCUT2D eigenvalue weighted by Crippen LogP contribution is 2.27. The largest absolute Gasteiger partial charge is 0.493 e. The Morgan fingerprint density at radius 2 is 1.80 bits per heavy atom. The smallest absolute Gasteiger partial charge is 0.161 e. The van der Waals surface area contributed by atoms with Crippen LogP contribution in [0.25, 0.3) is 0 Å². The van der Waals surface area contributed by atoms with E-state index < -0.39 is 0 Å². The maximum atomic E-state index is 8.75. The van der Waals surface area contributed by atoms with Crippen LogP contribution in [0.1, 0.15) is 5.56 Å². The third-order valence-electron chi connectivity index (χ3n) is 2.67. The first kappa shape index (κ1) is 16.7. The van der Waals surface area contributed by atoms with Crippen molar-refractivity contribution in [3.05, 3.63) is 23.8 Å². The molecule has 0 aromatic heterocycles. The van der Waals surface area contributed by atoms with E-state index in [9.17, 15) is 0 Å². The average molecular weight is 284 g/mol. The van der Waals surface area contributed by atoms with E-state index >= 15 is 0 Å². The van der Waals surface area contributed by atoms with Crippen LogP contribution < -0.4 is 20.1 Å². The van der Waals surface area contributed by atoms with Gasteiger partial charge in [0.25, 0.3) is 0 Å². The Hall–Kier alpha value is -1.34. The quantitative estimate of drug-likeness (QED) is 0.419. The molecule has 1 aromatic rings. The number of rotatable bonds is 11. The standard InChI is InChI=1S/C14H24N2O4/c1-19-14-10-12(2-3-13(14)20-9-8-18)11-16-5-4-15-6-7-17/h2-3,10,15-18H,4-9,11H2,1H3. The SMILES string of the molecule is COc1cc(CNCCNCCO)ccc1OCCO. The molecule has 114 valence electrons. The van der Waals surface area contributed by atoms with Gasteiger partial charge in [-0.15, -0.1) is 0 Å². The zero-order valence-electron chi connectivity index (χ0n) is 11.9. The summed E-state index contributed by atoms with van der Waals surface area (Å²) in [5, 5.41) is 23.8. The van der Waals surface area contributed by atoms with Crippen molar-refractivity contribution in [3.63, 3.8) is 0 Å². The zero-order chi connectivity index (χ0) is 14.6. The van der Waals surface area contributed by atoms with E-state index in [1.165, 1.54) is 0 Å². The van der Waals surface area contributed by atoms with Gasteiger partial charge in [-0.25, -0.2) is 0 Å². The summed E-state index contributed by atoms with van der Waals surface area (Å²) in [5.74, 6) is 1.30. The third kappa shape index (κ3) is 6.21. The van der Waals surface area contributed by atoms with E-state index in [1.54, 1.807) is 7.11 Å². The summed E-state index contributed by atoms with van der Waals surface area (Å²) >= 11 is 0. The van der Waals surface area contributed by atoms with E-state index in [0.717, 1.165) is 25.2 Å². The zero-order valence-corrected chi connectivity index (χ0v) is 11.9. The van der Waals surface area contributed by atoms with Crippen LogP contribution in [-0.2, 0) is 6.54 Å². The highest BCUT2D eigenvalue weighted by Gasteiger charge is 2.05. The van der Waals surface area contributed by atoms with Gasteiger partial charge in [0, 0.05) is 26.2 Å². The second-order valence-corrected chi connectivity index (χ2v) is 4.21. The van der Waals surface area contributed by atoms with Gasteiger partial charge in [0.15, 0.2) is 11.5 Å². The number of aliphatic hydroxyl groups excluding tert-OH is 2. The molecule has 0 spiro atoms. The Balaban J connectivity index is 2.38. The molecule has 0 aliphatic rings. The Bertz CT molecular complexity index is 374. The van der Waals surface area contributed by atoms with Crippen molar-refractivity contribution in [1.82, 2.24) is 10.6 Å². The molecule has 0 amide bonds. The molecule has 0 bridgehead atoms. The molecule has 0 atom stereocenters. The van der Waals surface area contributed by atoms with Crippen LogP contribution in [0.15, 0.2) is 18.2 Å². The molecule has 0 heterocycles. The minimum Gasteiger partial charge on any atom is -0.493 e. The predicted octanol–water partition coefficient (Wildman–Crippen LogP) is -0.262. The molecular formula is C14H24N2O4. The summed E-state index contributed by atoms with van der Waals surface area (Å²) in [4.78, 5) is 0. The van der Waals surface area contributed by atoms with E-state index in [0.29, 0.717) is 18.0 Å². The summed E-state index contributed by atoms with van der Waals surface area (Å²) in [6.07, 6.45) is 0. The van der Waals surface area contributed by atoms with Crippen molar-refractivity contribution in [3.8, 4) is 11.5 Å². The minimum atomic E-state index is -0.0205. The fourth-order valence-corrected chi connectivity index (χ4v) is 1.71. The topological polar surface area (TPSA) is 83.0 Å². The molecule has 20 heavy (non-hydrogen) atoms. The molecular weight excluding hydrogens is 260 g/mol. The molecule has 1 rings (SSSR count). The van der Waals surface area contributed by atoms with Crippen LogP contribution in [0.4, 0.5) is 0 Å². The highest BCUT2D eigenvalue weighted by atomic mass is 16.5.